The van der Waals surface area contributed by atoms with E-state index in [4.69, 9.17) is 25.8 Å². The van der Waals surface area contributed by atoms with Crippen molar-refractivity contribution in [2.24, 2.45) is 0 Å². The zero-order chi connectivity index (χ0) is 23.2. The molecule has 3 aromatic rings. The Labute approximate surface area is 196 Å². The standard InChI is InChI=1S/C23H24ClN5O4/c1-31-20-12-21(32-2)28-23(27-20)33-18-7-5-6-17(24)16(18)14-26-19-9-8-15(13-25-19)22(30)29-10-3-4-11-29/h5-9,12-13H,3-4,10-11,14H2,1-2H3,(H,25,26). The van der Waals surface area contributed by atoms with Crippen molar-refractivity contribution in [3.63, 3.8) is 0 Å². The minimum Gasteiger partial charge on any atom is -0.481 e. The molecule has 0 atom stereocenters. The van der Waals surface area contributed by atoms with Crippen molar-refractivity contribution >= 4 is 23.3 Å². The van der Waals surface area contributed by atoms with E-state index in [9.17, 15) is 4.79 Å². The highest BCUT2D eigenvalue weighted by Crippen LogP contribution is 2.31. The van der Waals surface area contributed by atoms with Crippen LogP contribution in [0.2, 0.25) is 5.02 Å². The van der Waals surface area contributed by atoms with Gasteiger partial charge in [-0.15, -0.1) is 0 Å². The summed E-state index contributed by atoms with van der Waals surface area (Å²) in [7, 11) is 2.99. The molecule has 1 saturated heterocycles. The van der Waals surface area contributed by atoms with Gasteiger partial charge in [-0.2, -0.15) is 9.97 Å². The van der Waals surface area contributed by atoms with Crippen LogP contribution in [0.4, 0.5) is 5.82 Å². The third kappa shape index (κ3) is 5.43. The Kier molecular flexibility index (Phi) is 7.09. The molecule has 1 fully saturated rings. The Hall–Kier alpha value is -3.59. The number of carbonyl (C=O) groups excluding carboxylic acids is 1. The van der Waals surface area contributed by atoms with Gasteiger partial charge in [-0.25, -0.2) is 4.98 Å². The molecule has 1 aliphatic heterocycles. The average Bonchev–Trinajstić information content (AvgIpc) is 3.38. The molecule has 2 aromatic heterocycles. The van der Waals surface area contributed by atoms with E-state index in [2.05, 4.69) is 20.3 Å². The molecule has 0 saturated carbocycles. The highest BCUT2D eigenvalue weighted by Gasteiger charge is 2.19. The number of benzene rings is 1. The van der Waals surface area contributed by atoms with Gasteiger partial charge in [-0.3, -0.25) is 4.79 Å². The molecular formula is C23H24ClN5O4. The number of methoxy groups -OCH3 is 2. The summed E-state index contributed by atoms with van der Waals surface area (Å²) in [5.74, 6) is 1.73. The van der Waals surface area contributed by atoms with Crippen molar-refractivity contribution in [1.29, 1.82) is 0 Å². The van der Waals surface area contributed by atoms with E-state index in [1.54, 1.807) is 42.6 Å². The molecule has 9 nitrogen and oxygen atoms in total. The Balaban J connectivity index is 1.47. The van der Waals surface area contributed by atoms with Gasteiger partial charge < -0.3 is 24.4 Å². The Morgan fingerprint density at radius 1 is 1.09 bits per heavy atom. The van der Waals surface area contributed by atoms with E-state index < -0.39 is 0 Å². The maximum Gasteiger partial charge on any atom is 0.328 e. The second-order valence-corrected chi connectivity index (χ2v) is 7.75. The van der Waals surface area contributed by atoms with Gasteiger partial charge in [-0.05, 0) is 37.1 Å². The molecule has 1 amide bonds. The van der Waals surface area contributed by atoms with Crippen molar-refractivity contribution in [2.45, 2.75) is 19.4 Å². The number of carbonyl (C=O) groups is 1. The van der Waals surface area contributed by atoms with Crippen LogP contribution < -0.4 is 19.5 Å². The van der Waals surface area contributed by atoms with Gasteiger partial charge in [0.25, 0.3) is 5.91 Å². The summed E-state index contributed by atoms with van der Waals surface area (Å²) in [6.07, 6.45) is 3.69. The summed E-state index contributed by atoms with van der Waals surface area (Å²) >= 11 is 6.44. The van der Waals surface area contributed by atoms with Crippen LogP contribution in [0.15, 0.2) is 42.6 Å². The number of anilines is 1. The van der Waals surface area contributed by atoms with Crippen molar-refractivity contribution < 1.29 is 19.0 Å². The smallest absolute Gasteiger partial charge is 0.328 e. The zero-order valence-corrected chi connectivity index (χ0v) is 19.1. The largest absolute Gasteiger partial charge is 0.481 e. The molecule has 10 heteroatoms. The first-order chi connectivity index (χ1) is 16.1. The number of hydrogen-bond acceptors (Lipinski definition) is 8. The monoisotopic (exact) mass is 469 g/mol. The first-order valence-electron chi connectivity index (χ1n) is 10.5. The molecule has 3 heterocycles. The third-order valence-electron chi connectivity index (χ3n) is 5.20. The van der Waals surface area contributed by atoms with Gasteiger partial charge in [0.05, 0.1) is 25.8 Å². The highest BCUT2D eigenvalue weighted by atomic mass is 35.5. The van der Waals surface area contributed by atoms with Gasteiger partial charge in [0.1, 0.15) is 11.6 Å². The van der Waals surface area contributed by atoms with Gasteiger partial charge in [0, 0.05) is 36.4 Å². The number of amides is 1. The lowest BCUT2D eigenvalue weighted by Crippen LogP contribution is -2.27. The molecule has 0 unspecified atom stereocenters. The quantitative estimate of drug-likeness (QED) is 0.524. The van der Waals surface area contributed by atoms with E-state index in [1.807, 2.05) is 4.90 Å². The maximum atomic E-state index is 12.5. The molecule has 172 valence electrons. The summed E-state index contributed by atoms with van der Waals surface area (Å²) in [6.45, 7) is 1.94. The number of nitrogens with zero attached hydrogens (tertiary/aromatic N) is 4. The lowest BCUT2D eigenvalue weighted by atomic mass is 10.2. The number of hydrogen-bond donors (Lipinski definition) is 1. The number of nitrogens with one attached hydrogen (secondary N) is 1. The summed E-state index contributed by atoms with van der Waals surface area (Å²) in [5.41, 5.74) is 1.27. The Morgan fingerprint density at radius 3 is 2.45 bits per heavy atom. The number of ether oxygens (including phenoxy) is 3. The molecule has 0 aliphatic carbocycles. The minimum atomic E-state index is 0.0158. The SMILES string of the molecule is COc1cc(OC)nc(Oc2cccc(Cl)c2CNc2ccc(C(=O)N3CCCC3)cn2)n1. The lowest BCUT2D eigenvalue weighted by molar-refractivity contribution is 0.0792. The van der Waals surface area contributed by atoms with Crippen LogP contribution in [0.5, 0.6) is 23.5 Å². The number of likely N-dealkylation sites (tertiary alicyclic amines) is 1. The van der Waals surface area contributed by atoms with Crippen molar-refractivity contribution in [1.82, 2.24) is 19.9 Å². The topological polar surface area (TPSA) is 98.7 Å². The lowest BCUT2D eigenvalue weighted by Gasteiger charge is -2.15. The molecule has 4 rings (SSSR count). The fourth-order valence-electron chi connectivity index (χ4n) is 3.45. The van der Waals surface area contributed by atoms with Crippen molar-refractivity contribution in [2.75, 3.05) is 32.6 Å². The van der Waals surface area contributed by atoms with Gasteiger partial charge in [0.15, 0.2) is 0 Å². The van der Waals surface area contributed by atoms with Crippen LogP contribution in [0.1, 0.15) is 28.8 Å². The summed E-state index contributed by atoms with van der Waals surface area (Å²) in [5, 5.41) is 3.73. The number of aromatic nitrogens is 3. The molecule has 0 spiro atoms. The highest BCUT2D eigenvalue weighted by molar-refractivity contribution is 6.31. The fourth-order valence-corrected chi connectivity index (χ4v) is 3.68. The minimum absolute atomic E-state index is 0.0158. The van der Waals surface area contributed by atoms with Crippen LogP contribution in [-0.2, 0) is 6.54 Å². The number of pyridine rings is 1. The van der Waals surface area contributed by atoms with Crippen LogP contribution in [0.25, 0.3) is 0 Å². The van der Waals surface area contributed by atoms with Crippen molar-refractivity contribution in [3.8, 4) is 23.5 Å². The second kappa shape index (κ2) is 10.4. The van der Waals surface area contributed by atoms with E-state index in [0.717, 1.165) is 25.9 Å². The van der Waals surface area contributed by atoms with Crippen LogP contribution >= 0.6 is 11.6 Å². The molecule has 0 bridgehead atoms. The average molecular weight is 470 g/mol. The second-order valence-electron chi connectivity index (χ2n) is 7.34. The molecular weight excluding hydrogens is 446 g/mol. The van der Waals surface area contributed by atoms with Crippen LogP contribution in [-0.4, -0.2) is 53.1 Å². The van der Waals surface area contributed by atoms with Gasteiger partial charge in [0.2, 0.25) is 11.8 Å². The summed E-state index contributed by atoms with van der Waals surface area (Å²) in [4.78, 5) is 27.1. The van der Waals surface area contributed by atoms with Crippen LogP contribution in [0.3, 0.4) is 0 Å². The van der Waals surface area contributed by atoms with E-state index in [1.165, 1.54) is 14.2 Å². The van der Waals surface area contributed by atoms with E-state index in [-0.39, 0.29) is 11.9 Å². The molecule has 0 radical (unpaired) electrons. The number of rotatable bonds is 8. The third-order valence-corrected chi connectivity index (χ3v) is 5.56. The zero-order valence-electron chi connectivity index (χ0n) is 18.4. The van der Waals surface area contributed by atoms with E-state index >= 15 is 0 Å². The van der Waals surface area contributed by atoms with Crippen LogP contribution in [0, 0.1) is 0 Å². The first kappa shape index (κ1) is 22.6. The maximum absolute atomic E-state index is 12.5. The molecule has 33 heavy (non-hydrogen) atoms. The molecule has 1 N–H and O–H groups in total. The van der Waals surface area contributed by atoms with Crippen molar-refractivity contribution in [3.05, 3.63) is 58.7 Å². The van der Waals surface area contributed by atoms with Gasteiger partial charge in [-0.1, -0.05) is 17.7 Å². The summed E-state index contributed by atoms with van der Waals surface area (Å²) < 4.78 is 16.2. The van der Waals surface area contributed by atoms with Gasteiger partial charge >= 0.3 is 6.01 Å². The fraction of sp³-hybridized carbons (Fsp3) is 0.304. The summed E-state index contributed by atoms with van der Waals surface area (Å²) in [6, 6.07) is 10.5. The molecule has 1 aromatic carbocycles. The predicted molar refractivity (Wildman–Crippen MR) is 123 cm³/mol. The Morgan fingerprint density at radius 2 is 1.82 bits per heavy atom. The normalized spacial score (nSPS) is 13.0. The number of halogens is 1. The molecule has 1 aliphatic rings. The predicted octanol–water partition coefficient (Wildman–Crippen LogP) is 4.18. The Bertz CT molecular complexity index is 1100. The first-order valence-corrected chi connectivity index (χ1v) is 10.9. The van der Waals surface area contributed by atoms with E-state index in [0.29, 0.717) is 46.0 Å².